The van der Waals surface area contributed by atoms with Gasteiger partial charge in [0.1, 0.15) is 5.75 Å². The molecule has 0 aromatic carbocycles. The molecule has 0 aliphatic heterocycles. The largest absolute Gasteiger partial charge is 0.392 e. The van der Waals surface area contributed by atoms with Gasteiger partial charge in [-0.05, 0) is 6.42 Å². The predicted molar refractivity (Wildman–Crippen MR) is 73.4 cm³/mol. The first-order valence-corrected chi connectivity index (χ1v) is 8.19. The average molecular weight is 265 g/mol. The van der Waals surface area contributed by atoms with Gasteiger partial charge < -0.3 is 5.73 Å². The summed E-state index contributed by atoms with van der Waals surface area (Å²) >= 11 is 4.59. The number of unbranched alkanes of at least 4 members (excludes halogenated alkanes) is 6. The second-order valence-corrected chi connectivity index (χ2v) is 6.89. The van der Waals surface area contributed by atoms with Crippen LogP contribution in [0.25, 0.3) is 0 Å². The van der Waals surface area contributed by atoms with E-state index in [-0.39, 0.29) is 16.5 Å². The highest BCUT2D eigenvalue weighted by atomic mass is 32.2. The monoisotopic (exact) mass is 265 g/mol. The van der Waals surface area contributed by atoms with Gasteiger partial charge >= 0.3 is 0 Å². The van der Waals surface area contributed by atoms with Gasteiger partial charge in [0.05, 0.1) is 10.7 Å². The van der Waals surface area contributed by atoms with Gasteiger partial charge in [0, 0.05) is 0 Å². The minimum absolute atomic E-state index is 0.0722. The summed E-state index contributed by atoms with van der Waals surface area (Å²) in [6.07, 6.45) is 7.83. The lowest BCUT2D eigenvalue weighted by Crippen LogP contribution is -2.23. The maximum Gasteiger partial charge on any atom is 0.156 e. The van der Waals surface area contributed by atoms with Gasteiger partial charge in [0.15, 0.2) is 9.84 Å². The van der Waals surface area contributed by atoms with Gasteiger partial charge in [-0.2, -0.15) is 0 Å². The van der Waals surface area contributed by atoms with E-state index in [4.69, 9.17) is 5.73 Å². The van der Waals surface area contributed by atoms with Crippen LogP contribution in [-0.2, 0) is 9.84 Å². The standard InChI is InChI=1S/C11H23NO2S2/c1-2-3-4-5-6-7-8-9-16(13,14)10-11(12)15/h2-10H2,1H3,(H2,12,15). The van der Waals surface area contributed by atoms with Crippen molar-refractivity contribution in [3.63, 3.8) is 0 Å². The van der Waals surface area contributed by atoms with Crippen LogP contribution < -0.4 is 5.73 Å². The van der Waals surface area contributed by atoms with E-state index in [1.165, 1.54) is 25.7 Å². The van der Waals surface area contributed by atoms with Gasteiger partial charge in [0.2, 0.25) is 0 Å². The van der Waals surface area contributed by atoms with Gasteiger partial charge in [-0.1, -0.05) is 57.7 Å². The molecule has 0 saturated carbocycles. The summed E-state index contributed by atoms with van der Waals surface area (Å²) in [6, 6.07) is 0. The number of nitrogens with two attached hydrogens (primary N) is 1. The third kappa shape index (κ3) is 10.4. The van der Waals surface area contributed by atoms with Gasteiger partial charge in [-0.25, -0.2) is 8.42 Å². The Hall–Kier alpha value is -0.160. The number of sulfone groups is 1. The Morgan fingerprint density at radius 2 is 1.56 bits per heavy atom. The second kappa shape index (κ2) is 8.93. The molecular formula is C11H23NO2S2. The Bertz CT molecular complexity index is 286. The Morgan fingerprint density at radius 3 is 2.06 bits per heavy atom. The normalized spacial score (nSPS) is 11.6. The Kier molecular flexibility index (Phi) is 8.84. The SMILES string of the molecule is CCCCCCCCCS(=O)(=O)CC(N)=S. The minimum atomic E-state index is -3.04. The predicted octanol–water partition coefficient (Wildman–Crippen LogP) is 2.44. The van der Waals surface area contributed by atoms with E-state index < -0.39 is 9.84 Å². The Labute approximate surface area is 105 Å². The molecule has 2 N–H and O–H groups in total. The van der Waals surface area contributed by atoms with Crippen molar-refractivity contribution in [2.45, 2.75) is 51.9 Å². The highest BCUT2D eigenvalue weighted by molar-refractivity contribution is 7.93. The van der Waals surface area contributed by atoms with E-state index in [1.54, 1.807) is 0 Å². The van der Waals surface area contributed by atoms with Crippen LogP contribution in [0, 0.1) is 0 Å². The highest BCUT2D eigenvalue weighted by Crippen LogP contribution is 2.08. The van der Waals surface area contributed by atoms with Crippen LogP contribution >= 0.6 is 12.2 Å². The Balaban J connectivity index is 3.47. The van der Waals surface area contributed by atoms with Crippen LogP contribution in [0.2, 0.25) is 0 Å². The molecule has 0 radical (unpaired) electrons. The van der Waals surface area contributed by atoms with E-state index in [9.17, 15) is 8.42 Å². The zero-order valence-corrected chi connectivity index (χ0v) is 11.7. The first-order valence-electron chi connectivity index (χ1n) is 5.96. The maximum atomic E-state index is 11.4. The molecule has 16 heavy (non-hydrogen) atoms. The van der Waals surface area contributed by atoms with Gasteiger partial charge in [-0.15, -0.1) is 0 Å². The summed E-state index contributed by atoms with van der Waals surface area (Å²) < 4.78 is 22.8. The topological polar surface area (TPSA) is 60.2 Å². The summed E-state index contributed by atoms with van der Waals surface area (Å²) in [7, 11) is -3.04. The third-order valence-corrected chi connectivity index (χ3v) is 4.41. The smallest absolute Gasteiger partial charge is 0.156 e. The van der Waals surface area contributed by atoms with Crippen LogP contribution in [0.15, 0.2) is 0 Å². The van der Waals surface area contributed by atoms with Crippen LogP contribution in [0.1, 0.15) is 51.9 Å². The molecule has 0 aromatic rings. The second-order valence-electron chi connectivity index (χ2n) is 4.18. The zero-order chi connectivity index (χ0) is 12.4. The van der Waals surface area contributed by atoms with E-state index in [0.29, 0.717) is 0 Å². The maximum absolute atomic E-state index is 11.4. The number of rotatable bonds is 10. The van der Waals surface area contributed by atoms with Crippen molar-refractivity contribution in [3.8, 4) is 0 Å². The fourth-order valence-electron chi connectivity index (χ4n) is 1.57. The molecule has 0 bridgehead atoms. The van der Waals surface area contributed by atoms with Crippen molar-refractivity contribution in [1.29, 1.82) is 0 Å². The van der Waals surface area contributed by atoms with Crippen molar-refractivity contribution >= 4 is 27.0 Å². The molecule has 96 valence electrons. The lowest BCUT2D eigenvalue weighted by Gasteiger charge is -2.03. The average Bonchev–Trinajstić information content (AvgIpc) is 2.14. The van der Waals surface area contributed by atoms with Crippen LogP contribution in [0.5, 0.6) is 0 Å². The van der Waals surface area contributed by atoms with Crippen molar-refractivity contribution in [2.75, 3.05) is 11.5 Å². The molecule has 5 heteroatoms. The summed E-state index contributed by atoms with van der Waals surface area (Å²) in [5.74, 6) is 0.0796. The van der Waals surface area contributed by atoms with Crippen molar-refractivity contribution < 1.29 is 8.42 Å². The molecule has 0 saturated heterocycles. The van der Waals surface area contributed by atoms with Crippen LogP contribution in [0.3, 0.4) is 0 Å². The van der Waals surface area contributed by atoms with Crippen molar-refractivity contribution in [1.82, 2.24) is 0 Å². The molecule has 0 amide bonds. The molecule has 0 aliphatic rings. The molecule has 0 unspecified atom stereocenters. The third-order valence-electron chi connectivity index (χ3n) is 2.42. The summed E-state index contributed by atoms with van der Waals surface area (Å²) in [6.45, 7) is 2.18. The molecule has 3 nitrogen and oxygen atoms in total. The van der Waals surface area contributed by atoms with E-state index in [1.807, 2.05) is 0 Å². The quantitative estimate of drug-likeness (QED) is 0.487. The Morgan fingerprint density at radius 1 is 1.06 bits per heavy atom. The molecule has 0 fully saturated rings. The summed E-state index contributed by atoms with van der Waals surface area (Å²) in [5.41, 5.74) is 5.22. The lowest BCUT2D eigenvalue weighted by molar-refractivity contribution is 0.581. The lowest BCUT2D eigenvalue weighted by atomic mass is 10.1. The highest BCUT2D eigenvalue weighted by Gasteiger charge is 2.11. The van der Waals surface area contributed by atoms with E-state index in [0.717, 1.165) is 19.3 Å². The minimum Gasteiger partial charge on any atom is -0.392 e. The first kappa shape index (κ1) is 15.8. The number of thiocarbonyl (C=S) groups is 1. The summed E-state index contributed by atoms with van der Waals surface area (Å²) in [5, 5.41) is 0. The molecule has 0 aliphatic carbocycles. The number of hydrogen-bond donors (Lipinski definition) is 1. The van der Waals surface area contributed by atoms with Crippen molar-refractivity contribution in [2.24, 2.45) is 5.73 Å². The van der Waals surface area contributed by atoms with Crippen molar-refractivity contribution in [3.05, 3.63) is 0 Å². The molecular weight excluding hydrogens is 242 g/mol. The molecule has 0 rings (SSSR count). The van der Waals surface area contributed by atoms with Gasteiger partial charge in [-0.3, -0.25) is 0 Å². The molecule has 0 atom stereocenters. The first-order chi connectivity index (χ1) is 7.48. The zero-order valence-electron chi connectivity index (χ0n) is 10.1. The van der Waals surface area contributed by atoms with Crippen LogP contribution in [-0.4, -0.2) is 24.9 Å². The number of hydrogen-bond acceptors (Lipinski definition) is 3. The fraction of sp³-hybridized carbons (Fsp3) is 0.909. The van der Waals surface area contributed by atoms with Crippen LogP contribution in [0.4, 0.5) is 0 Å². The van der Waals surface area contributed by atoms with E-state index in [2.05, 4.69) is 19.1 Å². The molecule has 0 heterocycles. The van der Waals surface area contributed by atoms with E-state index >= 15 is 0 Å². The molecule has 0 spiro atoms. The summed E-state index contributed by atoms with van der Waals surface area (Å²) in [4.78, 5) is 0.0722. The fourth-order valence-corrected chi connectivity index (χ4v) is 3.33. The molecule has 0 aromatic heterocycles. The van der Waals surface area contributed by atoms with Gasteiger partial charge in [0.25, 0.3) is 0 Å².